The Balaban J connectivity index is 0.000000478. The molecule has 0 radical (unpaired) electrons. The van der Waals surface area contributed by atoms with Crippen LogP contribution in [0.15, 0.2) is 0 Å². The van der Waals surface area contributed by atoms with E-state index >= 15 is 0 Å². The molecule has 18 fully saturated rings. The topological polar surface area (TPSA) is 101 Å². The fourth-order valence-corrected chi connectivity index (χ4v) is 14.6. The van der Waals surface area contributed by atoms with Crippen molar-refractivity contribution in [2.24, 2.45) is 0 Å². The van der Waals surface area contributed by atoms with E-state index in [2.05, 4.69) is 74.2 Å². The van der Waals surface area contributed by atoms with Gasteiger partial charge in [-0.2, -0.15) is 94.1 Å². The molecular weight excluding hydrogens is 1280 g/mol. The highest BCUT2D eigenvalue weighted by Gasteiger charge is 2.03. The molecule has 18 rings (SSSR count). The maximum atomic E-state index is 5.07. The number of hydrogen-bond donors (Lipinski definition) is 2. The van der Waals surface area contributed by atoms with Gasteiger partial charge in [0.15, 0.2) is 0 Å². The minimum atomic E-state index is 0.778. The first-order chi connectivity index (χ1) is 45.0. The molecule has 0 bridgehead atoms. The maximum absolute atomic E-state index is 5.07. The highest BCUT2D eigenvalue weighted by Crippen LogP contribution is 2.19. The summed E-state index contributed by atoms with van der Waals surface area (Å²) in [7, 11) is 0. The molecule has 18 heteroatoms. The molecule has 0 aromatic carbocycles. The van der Waals surface area contributed by atoms with Gasteiger partial charge in [-0.15, -0.1) is 0 Å². The molecule has 0 spiro atoms. The Morgan fingerprint density at radius 1 is 0.122 bits per heavy atom. The van der Waals surface area contributed by atoms with Gasteiger partial charge in [-0.3, -0.25) is 0 Å². The predicted octanol–water partition coefficient (Wildman–Crippen LogP) is 19.2. The van der Waals surface area contributed by atoms with Crippen LogP contribution in [0.3, 0.4) is 0 Å². The molecule has 540 valence electrons. The van der Waals surface area contributed by atoms with Crippen LogP contribution in [-0.4, -0.2) is 224 Å². The lowest BCUT2D eigenvalue weighted by Gasteiger charge is -2.09. The van der Waals surface area contributed by atoms with Gasteiger partial charge < -0.3 is 48.5 Å². The first-order valence-corrected chi connectivity index (χ1v) is 46.9. The lowest BCUT2D eigenvalue weighted by atomic mass is 10.0. The normalized spacial score (nSPS) is 24.0. The second-order valence-electron chi connectivity index (χ2n) is 24.0. The monoisotopic (exact) mass is 1420 g/mol. The Morgan fingerprint density at radius 3 is 0.389 bits per heavy atom. The first kappa shape index (κ1) is 90.4. The number of hydrogen-bond acceptors (Lipinski definition) is 18. The summed E-state index contributed by atoms with van der Waals surface area (Å²) in [5.41, 5.74) is 0. The average Bonchev–Trinajstić information content (AvgIpc) is 4.60. The fourth-order valence-electron chi connectivity index (χ4n) is 8.30. The summed E-state index contributed by atoms with van der Waals surface area (Å²) < 4.78 is 39.2. The quantitative estimate of drug-likeness (QED) is 0.225. The van der Waals surface area contributed by atoms with Gasteiger partial charge in [-0.25, -0.2) is 0 Å². The van der Waals surface area contributed by atoms with E-state index in [-0.39, 0.29) is 0 Å². The molecule has 10 nitrogen and oxygen atoms in total. The van der Waals surface area contributed by atoms with E-state index < -0.39 is 0 Å². The summed E-state index contributed by atoms with van der Waals surface area (Å²) >= 11 is 16.4. The minimum Gasteiger partial charge on any atom is -0.381 e. The van der Waals surface area contributed by atoms with Crippen molar-refractivity contribution in [1.29, 1.82) is 0 Å². The van der Waals surface area contributed by atoms with E-state index in [0.29, 0.717) is 0 Å². The Labute approximate surface area is 593 Å². The summed E-state index contributed by atoms with van der Waals surface area (Å²) in [6.45, 7) is 20.0. The van der Waals surface area contributed by atoms with Crippen molar-refractivity contribution >= 4 is 94.1 Å². The third-order valence-electron chi connectivity index (χ3n) is 14.8. The zero-order chi connectivity index (χ0) is 63.6. The minimum absolute atomic E-state index is 0.778. The van der Waals surface area contributed by atoms with Gasteiger partial charge in [0.1, 0.15) is 0 Å². The molecule has 0 aromatic rings. The van der Waals surface area contributed by atoms with Crippen LogP contribution in [0.25, 0.3) is 0 Å². The van der Waals surface area contributed by atoms with Gasteiger partial charge in [0.05, 0.1) is 52.9 Å². The molecule has 0 atom stereocenters. The fraction of sp³-hybridized carbons (Fsp3) is 1.00. The number of piperidine rings is 1. The lowest BCUT2D eigenvalue weighted by molar-refractivity contribution is -0.0334. The largest absolute Gasteiger partial charge is 0.381 e. The van der Waals surface area contributed by atoms with Crippen LogP contribution in [0.1, 0.15) is 231 Å². The molecule has 18 aliphatic rings. The molecule has 15 heterocycles. The SMILES string of the molecule is C1CC1.C1CCCC1.C1CCCCC1.C1CCNCC1.C1CCOC1.C1CCOCC1.C1CCOCC1.C1CCSC1.C1CCSCC1.C1CCSCC1.C1CNC1.C1CO1.C1COC1.C1COCCO1.C1CS1.C1CSC1.C1CSCCO1.C1CSCCS1. The molecule has 90 heavy (non-hydrogen) atoms. The van der Waals surface area contributed by atoms with E-state index in [1.54, 1.807) is 0 Å². The van der Waals surface area contributed by atoms with E-state index in [1.807, 2.05) is 35.3 Å². The molecule has 0 amide bonds. The van der Waals surface area contributed by atoms with Gasteiger partial charge in [0.25, 0.3) is 0 Å². The van der Waals surface area contributed by atoms with Gasteiger partial charge in [-0.05, 0) is 194 Å². The van der Waals surface area contributed by atoms with Crippen LogP contribution < -0.4 is 10.6 Å². The second kappa shape index (κ2) is 87.5. The van der Waals surface area contributed by atoms with Crippen LogP contribution in [-0.2, 0) is 37.9 Å². The average molecular weight is 1420 g/mol. The van der Waals surface area contributed by atoms with Crippen LogP contribution >= 0.6 is 94.1 Å². The molecule has 0 aromatic heterocycles. The molecule has 3 saturated carbocycles. The van der Waals surface area contributed by atoms with Gasteiger partial charge in [0, 0.05) is 98.9 Å². The van der Waals surface area contributed by atoms with Crippen molar-refractivity contribution < 1.29 is 37.9 Å². The van der Waals surface area contributed by atoms with Crippen molar-refractivity contribution in [2.45, 2.75) is 231 Å². The molecule has 3 aliphatic carbocycles. The van der Waals surface area contributed by atoms with Crippen molar-refractivity contribution in [3.8, 4) is 0 Å². The predicted molar refractivity (Wildman–Crippen MR) is 417 cm³/mol. The third kappa shape index (κ3) is 96.8. The number of nitrogens with one attached hydrogen (secondary N) is 2. The summed E-state index contributed by atoms with van der Waals surface area (Å²) in [4.78, 5) is 0. The number of rotatable bonds is 0. The maximum Gasteiger partial charge on any atom is 0.0701 e. The molecule has 15 saturated heterocycles. The number of epoxide rings is 1. The van der Waals surface area contributed by atoms with E-state index in [4.69, 9.17) is 33.2 Å². The lowest BCUT2D eigenvalue weighted by Crippen LogP contribution is -2.29. The standard InChI is InChI=1S/C6H12.C5H11N.2C5H10O.2C5H10S.C5H10.C4H8O2.C4H8OS.C4H8O.C4H8S2.C4H8S.C3H7N.C3H6O.C3H6S.C3H6.C2H4O.C2H4S/c6*1-2-4-6-5-3-1;1-2-4-5-3-1;1-2-6-4-3-5-1;1-3-6-4-2-5-1;1-2-4-5-3-1;1-2-6-4-3-5-1;1-2-4-5-3-1;3*1-2-4-3-1;3*1-2-3-1/h1-6H2;6H,1-5H2;4*1-5H2;1-5H2;2*1-4H2;1-4H2;1-4H2;1-4H2;4H,1-3H2;2*1-3H2;1-3H2;2*1-2H2. The van der Waals surface area contributed by atoms with Crippen LogP contribution in [0, 0.1) is 0 Å². The van der Waals surface area contributed by atoms with E-state index in [1.165, 1.54) is 349 Å². The van der Waals surface area contributed by atoms with Crippen LogP contribution in [0.4, 0.5) is 0 Å². The molecule has 0 unspecified atom stereocenters. The highest BCUT2D eigenvalue weighted by molar-refractivity contribution is 8.06. The summed E-state index contributed by atoms with van der Waals surface area (Å²) in [5.74, 6) is 22.1. The Morgan fingerprint density at radius 2 is 0.289 bits per heavy atom. The third-order valence-corrected chi connectivity index (χ3v) is 23.2. The zero-order valence-corrected chi connectivity index (χ0v) is 65.0. The summed E-state index contributed by atoms with van der Waals surface area (Å²) in [5, 5.41) is 6.40. The van der Waals surface area contributed by atoms with Crippen molar-refractivity contribution in [3.05, 3.63) is 0 Å². The van der Waals surface area contributed by atoms with Gasteiger partial charge >= 0.3 is 0 Å². The van der Waals surface area contributed by atoms with Crippen molar-refractivity contribution in [2.75, 3.05) is 224 Å². The van der Waals surface area contributed by atoms with Gasteiger partial charge in [-0.1, -0.05) is 109 Å². The van der Waals surface area contributed by atoms with E-state index in [0.717, 1.165) is 106 Å². The Hall–Kier alpha value is 2.40. The van der Waals surface area contributed by atoms with Crippen molar-refractivity contribution in [3.63, 3.8) is 0 Å². The van der Waals surface area contributed by atoms with Crippen LogP contribution in [0.5, 0.6) is 0 Å². The van der Waals surface area contributed by atoms with E-state index in [9.17, 15) is 0 Å². The number of thioether (sulfide) groups is 8. The zero-order valence-electron chi connectivity index (χ0n) is 58.4. The van der Waals surface area contributed by atoms with Gasteiger partial charge in [0.2, 0.25) is 0 Å². The highest BCUT2D eigenvalue weighted by atomic mass is 32.2. The number of ether oxygens (including phenoxy) is 8. The summed E-state index contributed by atoms with van der Waals surface area (Å²) in [6, 6.07) is 0. The van der Waals surface area contributed by atoms with Crippen LogP contribution in [0.2, 0.25) is 0 Å². The molecule has 15 aliphatic heterocycles. The summed E-state index contributed by atoms with van der Waals surface area (Å²) in [6.07, 6.45) is 51.5. The Kier molecular flexibility index (Phi) is 87.9. The first-order valence-electron chi connectivity index (χ1n) is 37.7. The Bertz CT molecular complexity index is 818. The second-order valence-corrected chi connectivity index (χ2v) is 33.8. The molecular formula is C72H146N2O8S8. The molecule has 2 N–H and O–H groups in total. The van der Waals surface area contributed by atoms with Crippen molar-refractivity contribution in [1.82, 2.24) is 10.6 Å². The smallest absolute Gasteiger partial charge is 0.0701 e.